The van der Waals surface area contributed by atoms with Crippen LogP contribution in [-0.2, 0) is 30.0 Å². The Labute approximate surface area is 263 Å². The molecule has 0 N–H and O–H groups in total. The van der Waals surface area contributed by atoms with Crippen LogP contribution in [0.5, 0.6) is 0 Å². The van der Waals surface area contributed by atoms with Crippen LogP contribution in [0.1, 0.15) is 54.9 Å². The second kappa shape index (κ2) is 13.7. The number of rotatable bonds is 13. The Morgan fingerprint density at radius 3 is 1.39 bits per heavy atom. The zero-order chi connectivity index (χ0) is 30.4. The van der Waals surface area contributed by atoms with E-state index in [1.54, 1.807) is 14.2 Å². The van der Waals surface area contributed by atoms with Crippen molar-refractivity contribution in [3.63, 3.8) is 0 Å². The summed E-state index contributed by atoms with van der Waals surface area (Å²) in [5.41, 5.74) is 2.07. The maximum atomic E-state index is 7.21. The summed E-state index contributed by atoms with van der Waals surface area (Å²) in [5, 5.41) is 0. The number of ether oxygens (including phenoxy) is 2. The van der Waals surface area contributed by atoms with Gasteiger partial charge in [-0.25, -0.2) is 0 Å². The van der Waals surface area contributed by atoms with Crippen LogP contribution >= 0.6 is 0 Å². The lowest BCUT2D eigenvalue weighted by atomic mass is 9.71. The summed E-state index contributed by atoms with van der Waals surface area (Å²) in [6.45, 7) is 2.23. The van der Waals surface area contributed by atoms with Crippen molar-refractivity contribution in [3.05, 3.63) is 156 Å². The molecule has 226 valence electrons. The van der Waals surface area contributed by atoms with Crippen molar-refractivity contribution in [1.29, 1.82) is 0 Å². The molecule has 1 aliphatic heterocycles. The Bertz CT molecular complexity index is 1300. The van der Waals surface area contributed by atoms with E-state index in [9.17, 15) is 0 Å². The molecule has 0 radical (unpaired) electrons. The lowest BCUT2D eigenvalue weighted by Crippen LogP contribution is -2.56. The first-order valence-corrected chi connectivity index (χ1v) is 16.0. The van der Waals surface area contributed by atoms with Gasteiger partial charge in [0.2, 0.25) is 0 Å². The molecule has 4 nitrogen and oxygen atoms in total. The largest absolute Gasteiger partial charge is 0.461 e. The van der Waals surface area contributed by atoms with Crippen molar-refractivity contribution in [3.8, 4) is 0 Å². The minimum Gasteiger partial charge on any atom is -0.402 e. The van der Waals surface area contributed by atoms with Crippen LogP contribution in [0.2, 0.25) is 5.82 Å². The molecule has 1 saturated heterocycles. The van der Waals surface area contributed by atoms with Crippen molar-refractivity contribution in [2.75, 3.05) is 14.2 Å². The van der Waals surface area contributed by atoms with Gasteiger partial charge in [-0.1, -0.05) is 153 Å². The summed E-state index contributed by atoms with van der Waals surface area (Å²) in [7, 11) is 3.16. The van der Waals surface area contributed by atoms with Crippen LogP contribution in [0.25, 0.3) is 0 Å². The first kappa shape index (κ1) is 30.5. The van der Waals surface area contributed by atoms with E-state index in [0.29, 0.717) is 5.92 Å². The third-order valence-corrected chi connectivity index (χ3v) is 9.44. The molecule has 0 unspecified atom stereocenters. The molecule has 1 aliphatic carbocycles. The normalized spacial score (nSPS) is 22.0. The Kier molecular flexibility index (Phi) is 9.49. The molecule has 1 heterocycles. The highest BCUT2D eigenvalue weighted by molar-refractivity contribution is 6.48. The molecule has 2 fully saturated rings. The Balaban J connectivity index is 1.53. The van der Waals surface area contributed by atoms with E-state index in [0.717, 1.165) is 35.1 Å². The first-order chi connectivity index (χ1) is 21.7. The average Bonchev–Trinajstić information content (AvgIpc) is 3.74. The molecule has 6 rings (SSSR count). The molecule has 4 aromatic rings. The Morgan fingerprint density at radius 2 is 1.05 bits per heavy atom. The fourth-order valence-corrected chi connectivity index (χ4v) is 7.08. The predicted octanol–water partition coefficient (Wildman–Crippen LogP) is 8.58. The second-order valence-corrected chi connectivity index (χ2v) is 12.0. The Hall–Kier alpha value is -3.48. The van der Waals surface area contributed by atoms with Gasteiger partial charge in [0, 0.05) is 20.0 Å². The first-order valence-electron chi connectivity index (χ1n) is 16.0. The molecule has 44 heavy (non-hydrogen) atoms. The molecule has 4 aromatic carbocycles. The van der Waals surface area contributed by atoms with Crippen LogP contribution < -0.4 is 0 Å². The molecule has 0 bridgehead atoms. The number of hydrogen-bond acceptors (Lipinski definition) is 4. The van der Waals surface area contributed by atoms with Crippen molar-refractivity contribution in [2.45, 2.75) is 61.8 Å². The monoisotopic (exact) mass is 586 g/mol. The fourth-order valence-electron chi connectivity index (χ4n) is 7.08. The second-order valence-electron chi connectivity index (χ2n) is 12.0. The zero-order valence-corrected chi connectivity index (χ0v) is 26.0. The van der Waals surface area contributed by atoms with E-state index in [1.165, 1.54) is 12.8 Å². The summed E-state index contributed by atoms with van der Waals surface area (Å²) < 4.78 is 27.9. The third kappa shape index (κ3) is 5.59. The van der Waals surface area contributed by atoms with Crippen LogP contribution in [-0.4, -0.2) is 33.5 Å². The average molecular weight is 587 g/mol. The number of hydrogen-bond donors (Lipinski definition) is 0. The topological polar surface area (TPSA) is 36.9 Å². The van der Waals surface area contributed by atoms with E-state index in [-0.39, 0.29) is 5.82 Å². The highest BCUT2D eigenvalue weighted by Crippen LogP contribution is 2.56. The number of allylic oxidation sites excluding steroid dienone is 2. The lowest BCUT2D eigenvalue weighted by molar-refractivity contribution is -0.136. The molecule has 0 aromatic heterocycles. The van der Waals surface area contributed by atoms with Gasteiger partial charge in [-0.05, 0) is 41.0 Å². The van der Waals surface area contributed by atoms with Gasteiger partial charge >= 0.3 is 7.12 Å². The zero-order valence-electron chi connectivity index (χ0n) is 26.0. The van der Waals surface area contributed by atoms with E-state index < -0.39 is 30.5 Å². The van der Waals surface area contributed by atoms with Crippen molar-refractivity contribution in [1.82, 2.24) is 0 Å². The standard InChI is InChI=1S/C39H43BO4/c1-4-5-6-11-20-30-29-35(30)40-43-36(38(41-2,31-21-12-7-13-22-31)32-23-14-8-15-24-32)37(44-40)39(42-3,33-25-16-9-17-26-33)34-27-18-10-19-28-34/h7-28,30,35-37H,4-6,29H2,1-3H3/b20-11+/t30-,35-,36-,37-/m1/s1. The van der Waals surface area contributed by atoms with Gasteiger partial charge in [0.05, 0.1) is 0 Å². The molecule has 1 saturated carbocycles. The van der Waals surface area contributed by atoms with Crippen molar-refractivity contribution in [2.24, 2.45) is 5.92 Å². The quantitative estimate of drug-likeness (QED) is 0.0894. The van der Waals surface area contributed by atoms with Gasteiger partial charge < -0.3 is 18.8 Å². The van der Waals surface area contributed by atoms with Crippen molar-refractivity contribution >= 4 is 7.12 Å². The van der Waals surface area contributed by atoms with Crippen LogP contribution in [0.4, 0.5) is 0 Å². The van der Waals surface area contributed by atoms with Gasteiger partial charge in [-0.2, -0.15) is 0 Å². The van der Waals surface area contributed by atoms with Gasteiger partial charge in [0.25, 0.3) is 0 Å². The minimum absolute atomic E-state index is 0.266. The van der Waals surface area contributed by atoms with E-state index in [2.05, 4.69) is 116 Å². The third-order valence-electron chi connectivity index (χ3n) is 9.44. The SMILES string of the molecule is CCCC/C=C/[C@@H]1C[C@H]1B1O[C@@H](C(OC)(c2ccccc2)c2ccccc2)[C@H](C(OC)(c2ccccc2)c2ccccc2)O1. The number of benzene rings is 4. The summed E-state index contributed by atoms with van der Waals surface area (Å²) in [6, 6.07) is 41.6. The van der Waals surface area contributed by atoms with Crippen LogP contribution in [0.15, 0.2) is 133 Å². The predicted molar refractivity (Wildman–Crippen MR) is 177 cm³/mol. The summed E-state index contributed by atoms with van der Waals surface area (Å²) in [6.07, 6.45) is 8.17. The molecule has 0 amide bonds. The molecular weight excluding hydrogens is 543 g/mol. The highest BCUT2D eigenvalue weighted by Gasteiger charge is 2.65. The smallest absolute Gasteiger partial charge is 0.402 e. The minimum atomic E-state index is -0.976. The molecule has 2 aliphatic rings. The van der Waals surface area contributed by atoms with Crippen LogP contribution in [0.3, 0.4) is 0 Å². The van der Waals surface area contributed by atoms with Gasteiger partial charge in [-0.3, -0.25) is 0 Å². The summed E-state index contributed by atoms with van der Waals surface area (Å²) in [5.74, 6) is 0.703. The van der Waals surface area contributed by atoms with Crippen LogP contribution in [0, 0.1) is 5.92 Å². The highest BCUT2D eigenvalue weighted by atomic mass is 16.7. The summed E-state index contributed by atoms with van der Waals surface area (Å²) >= 11 is 0. The maximum Gasteiger partial charge on any atom is 0.461 e. The molecule has 5 heteroatoms. The van der Waals surface area contributed by atoms with E-state index >= 15 is 0 Å². The van der Waals surface area contributed by atoms with E-state index in [4.69, 9.17) is 18.8 Å². The van der Waals surface area contributed by atoms with Gasteiger partial charge in [0.15, 0.2) is 0 Å². The Morgan fingerprint density at radius 1 is 0.659 bits per heavy atom. The number of unbranched alkanes of at least 4 members (excludes halogenated alkanes) is 2. The van der Waals surface area contributed by atoms with E-state index in [1.807, 2.05) is 24.3 Å². The number of methoxy groups -OCH3 is 2. The maximum absolute atomic E-state index is 7.21. The lowest BCUT2D eigenvalue weighted by Gasteiger charge is -2.47. The fraction of sp³-hybridized carbons (Fsp3) is 0.333. The van der Waals surface area contributed by atoms with Crippen molar-refractivity contribution < 1.29 is 18.8 Å². The molecular formula is C39H43BO4. The summed E-state index contributed by atoms with van der Waals surface area (Å²) in [4.78, 5) is 0. The van der Waals surface area contributed by atoms with Gasteiger partial charge in [-0.15, -0.1) is 0 Å². The van der Waals surface area contributed by atoms with Gasteiger partial charge in [0.1, 0.15) is 23.4 Å². The molecule has 0 spiro atoms. The molecule has 4 atom stereocenters.